The van der Waals surface area contributed by atoms with E-state index in [0.29, 0.717) is 45.4 Å². The highest BCUT2D eigenvalue weighted by Crippen LogP contribution is 2.42. The van der Waals surface area contributed by atoms with Crippen LogP contribution in [-0.2, 0) is 17.5 Å². The molecule has 0 spiro atoms. The number of carbonyl (C=O) groups is 2. The number of hydrogen-bond donors (Lipinski definition) is 0. The summed E-state index contributed by atoms with van der Waals surface area (Å²) < 4.78 is 56.0. The first-order chi connectivity index (χ1) is 18.9. The van der Waals surface area contributed by atoms with Crippen molar-refractivity contribution < 1.29 is 41.9 Å². The number of hydrogen-bond acceptors (Lipinski definition) is 8. The molecular formula is C25H13BrClF3N2O7S. The second kappa shape index (κ2) is 10.7. The number of halogens is 5. The summed E-state index contributed by atoms with van der Waals surface area (Å²) in [4.78, 5) is 37.4. The largest absolute Gasteiger partial charge is 0.454 e. The smallest absolute Gasteiger partial charge is 0.416 e. The molecule has 2 aliphatic heterocycles. The zero-order valence-electron chi connectivity index (χ0n) is 19.7. The number of fused-ring (bicyclic) bond motifs is 1. The summed E-state index contributed by atoms with van der Waals surface area (Å²) in [6.45, 7) is -0.122. The van der Waals surface area contributed by atoms with Gasteiger partial charge in [-0.05, 0) is 59.8 Å². The van der Waals surface area contributed by atoms with Gasteiger partial charge in [-0.2, -0.15) is 13.2 Å². The van der Waals surface area contributed by atoms with Crippen LogP contribution in [0.25, 0.3) is 6.08 Å². The number of nitro benzene ring substituents is 1. The number of rotatable bonds is 6. The Morgan fingerprint density at radius 1 is 1.10 bits per heavy atom. The molecular weight excluding hydrogens is 645 g/mol. The van der Waals surface area contributed by atoms with Crippen molar-refractivity contribution in [1.29, 1.82) is 0 Å². The van der Waals surface area contributed by atoms with Crippen molar-refractivity contribution in [2.45, 2.75) is 12.7 Å². The summed E-state index contributed by atoms with van der Waals surface area (Å²) in [6.07, 6.45) is -3.44. The van der Waals surface area contributed by atoms with Crippen LogP contribution in [0.1, 0.15) is 16.7 Å². The number of ether oxygens (including phenoxy) is 3. The lowest BCUT2D eigenvalue weighted by atomic mass is 10.1. The molecule has 0 bridgehead atoms. The van der Waals surface area contributed by atoms with Gasteiger partial charge in [0.1, 0.15) is 5.75 Å². The topological polar surface area (TPSA) is 108 Å². The molecule has 2 aliphatic rings. The molecule has 1 fully saturated rings. The van der Waals surface area contributed by atoms with Crippen molar-refractivity contribution in [1.82, 2.24) is 4.90 Å². The second-order valence-electron chi connectivity index (χ2n) is 8.29. The molecule has 1 saturated heterocycles. The number of imide groups is 1. The molecule has 0 radical (unpaired) electrons. The molecule has 0 atom stereocenters. The average Bonchev–Trinajstić information content (AvgIpc) is 3.44. The number of benzene rings is 3. The molecule has 15 heteroatoms. The molecule has 0 saturated carbocycles. The van der Waals surface area contributed by atoms with Crippen LogP contribution in [0.4, 0.5) is 23.7 Å². The van der Waals surface area contributed by atoms with Gasteiger partial charge in [0.2, 0.25) is 12.5 Å². The highest BCUT2D eigenvalue weighted by atomic mass is 79.9. The van der Waals surface area contributed by atoms with Crippen LogP contribution < -0.4 is 14.2 Å². The van der Waals surface area contributed by atoms with E-state index in [9.17, 15) is 32.9 Å². The maximum atomic E-state index is 13.2. The minimum Gasteiger partial charge on any atom is -0.454 e. The molecule has 3 aromatic carbocycles. The third kappa shape index (κ3) is 5.60. The van der Waals surface area contributed by atoms with Crippen molar-refractivity contribution in [3.8, 4) is 23.0 Å². The van der Waals surface area contributed by atoms with Gasteiger partial charge in [-0.15, -0.1) is 0 Å². The highest BCUT2D eigenvalue weighted by Gasteiger charge is 2.36. The van der Waals surface area contributed by atoms with E-state index >= 15 is 0 Å². The Kier molecular flexibility index (Phi) is 7.42. The molecule has 0 unspecified atom stereocenters. The maximum Gasteiger partial charge on any atom is 0.416 e. The Morgan fingerprint density at radius 2 is 1.80 bits per heavy atom. The van der Waals surface area contributed by atoms with Crippen molar-refractivity contribution in [3.05, 3.63) is 89.7 Å². The first-order valence-electron chi connectivity index (χ1n) is 11.1. The fourth-order valence-corrected chi connectivity index (χ4v) is 5.22. The molecule has 0 aromatic heterocycles. The van der Waals surface area contributed by atoms with Crippen molar-refractivity contribution in [2.24, 2.45) is 0 Å². The predicted octanol–water partition coefficient (Wildman–Crippen LogP) is 7.79. The Labute approximate surface area is 240 Å². The zero-order chi connectivity index (χ0) is 28.8. The van der Waals surface area contributed by atoms with Gasteiger partial charge in [0.25, 0.3) is 11.1 Å². The fraction of sp³-hybridized carbons (Fsp3) is 0.120. The first-order valence-corrected chi connectivity index (χ1v) is 13.1. The van der Waals surface area contributed by atoms with Crippen LogP contribution >= 0.6 is 39.3 Å². The lowest BCUT2D eigenvalue weighted by Gasteiger charge is -2.14. The predicted molar refractivity (Wildman–Crippen MR) is 141 cm³/mol. The molecule has 0 aliphatic carbocycles. The van der Waals surface area contributed by atoms with Crippen molar-refractivity contribution in [2.75, 3.05) is 6.79 Å². The van der Waals surface area contributed by atoms with Gasteiger partial charge in [0, 0.05) is 27.2 Å². The maximum absolute atomic E-state index is 13.2. The van der Waals surface area contributed by atoms with E-state index < -0.39 is 39.2 Å². The first kappa shape index (κ1) is 27.8. The third-order valence-corrected chi connectivity index (χ3v) is 7.46. The summed E-state index contributed by atoms with van der Waals surface area (Å²) in [6, 6.07) is 9.45. The molecule has 3 aromatic rings. The molecule has 206 valence electrons. The Balaban J connectivity index is 1.44. The Hall–Kier alpha value is -3.75. The van der Waals surface area contributed by atoms with Gasteiger partial charge < -0.3 is 14.2 Å². The molecule has 0 N–H and O–H groups in total. The van der Waals surface area contributed by atoms with E-state index in [1.54, 1.807) is 6.07 Å². The quantitative estimate of drug-likeness (QED) is 0.150. The molecule has 2 amide bonds. The Morgan fingerprint density at radius 3 is 2.50 bits per heavy atom. The highest BCUT2D eigenvalue weighted by molar-refractivity contribution is 9.10. The lowest BCUT2D eigenvalue weighted by Crippen LogP contribution is -2.27. The van der Waals surface area contributed by atoms with E-state index in [1.165, 1.54) is 30.3 Å². The number of amides is 2. The summed E-state index contributed by atoms with van der Waals surface area (Å²) in [5.41, 5.74) is -1.42. The van der Waals surface area contributed by atoms with Gasteiger partial charge in [-0.3, -0.25) is 24.6 Å². The minimum atomic E-state index is -4.79. The number of nitro groups is 1. The number of alkyl halides is 3. The standard InChI is InChI=1S/C25H13BrClF3N2O7S/c26-15-2-4-18(39-19-3-1-14(25(28,29)30)8-17(19)32(35)36)12(5-15)7-22-23(33)31(24(34)40-22)10-13-6-20-21(9-16(13)27)38-11-37-20/h1-9H,10-11H2/b22-7+. The third-order valence-electron chi connectivity index (χ3n) is 5.70. The van der Waals surface area contributed by atoms with Crippen LogP contribution in [0.2, 0.25) is 5.02 Å². The normalized spacial score (nSPS) is 15.7. The van der Waals surface area contributed by atoms with Crippen LogP contribution in [0, 0.1) is 10.1 Å². The number of carbonyl (C=O) groups excluding carboxylic acids is 2. The van der Waals surface area contributed by atoms with Crippen molar-refractivity contribution in [3.63, 3.8) is 0 Å². The van der Waals surface area contributed by atoms with Crippen LogP contribution in [0.5, 0.6) is 23.0 Å². The fourth-order valence-electron chi connectivity index (χ4n) is 3.79. The van der Waals surface area contributed by atoms with Gasteiger partial charge in [-0.1, -0.05) is 27.5 Å². The van der Waals surface area contributed by atoms with E-state index in [0.717, 1.165) is 11.0 Å². The van der Waals surface area contributed by atoms with E-state index in [2.05, 4.69) is 15.9 Å². The van der Waals surface area contributed by atoms with Crippen molar-refractivity contribution >= 4 is 62.2 Å². The monoisotopic (exact) mass is 656 g/mol. The van der Waals surface area contributed by atoms with Crippen LogP contribution in [-0.4, -0.2) is 27.8 Å². The van der Waals surface area contributed by atoms with E-state index in [-0.39, 0.29) is 34.6 Å². The van der Waals surface area contributed by atoms with E-state index in [1.807, 2.05) is 0 Å². The lowest BCUT2D eigenvalue weighted by molar-refractivity contribution is -0.385. The Bertz CT molecular complexity index is 1620. The zero-order valence-corrected chi connectivity index (χ0v) is 22.8. The van der Waals surface area contributed by atoms with Gasteiger partial charge in [-0.25, -0.2) is 0 Å². The van der Waals surface area contributed by atoms with Crippen LogP contribution in [0.3, 0.4) is 0 Å². The van der Waals surface area contributed by atoms with E-state index in [4.69, 9.17) is 25.8 Å². The summed E-state index contributed by atoms with van der Waals surface area (Å²) >= 11 is 10.2. The van der Waals surface area contributed by atoms with Gasteiger partial charge in [0.15, 0.2) is 11.5 Å². The van der Waals surface area contributed by atoms with Gasteiger partial charge in [0.05, 0.1) is 21.9 Å². The number of thioether (sulfide) groups is 1. The summed E-state index contributed by atoms with van der Waals surface area (Å²) in [7, 11) is 0. The molecule has 2 heterocycles. The SMILES string of the molecule is O=C1S/C(=C/c2cc(Br)ccc2Oc2ccc(C(F)(F)F)cc2[N+](=O)[O-])C(=O)N1Cc1cc2c(cc1Cl)OCO2. The molecule has 9 nitrogen and oxygen atoms in total. The average molecular weight is 658 g/mol. The van der Waals surface area contributed by atoms with Gasteiger partial charge >= 0.3 is 11.9 Å². The summed E-state index contributed by atoms with van der Waals surface area (Å²) in [5, 5.41) is 11.2. The second-order valence-corrected chi connectivity index (χ2v) is 10.6. The van der Waals surface area contributed by atoms with Crippen LogP contribution in [0.15, 0.2) is 57.9 Å². The summed E-state index contributed by atoms with van der Waals surface area (Å²) in [5.74, 6) is -0.208. The molecule has 5 rings (SSSR count). The molecule has 40 heavy (non-hydrogen) atoms. The number of nitrogens with zero attached hydrogens (tertiary/aromatic N) is 2. The minimum absolute atomic E-state index is 0.00308.